The van der Waals surface area contributed by atoms with E-state index in [9.17, 15) is 5.26 Å². The van der Waals surface area contributed by atoms with Crippen LogP contribution in [0.2, 0.25) is 0 Å². The molecule has 0 amide bonds. The number of nitriles is 1. The summed E-state index contributed by atoms with van der Waals surface area (Å²) in [6.07, 6.45) is 8.21. The van der Waals surface area contributed by atoms with E-state index in [1.165, 1.54) is 0 Å². The first-order valence-electron chi connectivity index (χ1n) is 13.7. The number of fused-ring (bicyclic) bond motifs is 1. The smallest absolute Gasteiger partial charge is 0.141 e. The normalized spacial score (nSPS) is 7.96. The van der Waals surface area contributed by atoms with Crippen molar-refractivity contribution in [2.45, 2.75) is 27.7 Å². The fourth-order valence-electron chi connectivity index (χ4n) is 3.73. The van der Waals surface area contributed by atoms with Gasteiger partial charge in [0.25, 0.3) is 0 Å². The Morgan fingerprint density at radius 3 is 1.96 bits per heavy atom. The van der Waals surface area contributed by atoms with E-state index < -0.39 is 0 Å². The number of benzene rings is 1. The lowest BCUT2D eigenvalue weighted by molar-refractivity contribution is 0.393. The van der Waals surface area contributed by atoms with Gasteiger partial charge in [-0.25, -0.2) is 4.98 Å². The molecule has 0 saturated carbocycles. The summed E-state index contributed by atoms with van der Waals surface area (Å²) in [7, 11) is 0. The number of nitrogens with zero attached hydrogens (tertiary/aromatic N) is 8. The van der Waals surface area contributed by atoms with Crippen LogP contribution in [0, 0.1) is 150 Å². The van der Waals surface area contributed by atoms with E-state index in [0.717, 1.165) is 50.6 Å². The molecule has 0 atom stereocenters. The topological polar surface area (TPSA) is 182 Å². The second-order valence-corrected chi connectivity index (χ2v) is 8.60. The summed E-state index contributed by atoms with van der Waals surface area (Å²) in [6.45, 7) is 7.42. The van der Waals surface area contributed by atoms with Crippen molar-refractivity contribution in [3.8, 4) is 135 Å². The minimum absolute atomic E-state index is 0. The molecule has 4 rings (SSSR count). The first kappa shape index (κ1) is 37.6. The Labute approximate surface area is 295 Å². The molecule has 0 bridgehead atoms. The average Bonchev–Trinajstić information content (AvgIpc) is 3.68. The van der Waals surface area contributed by atoms with Gasteiger partial charge in [-0.2, -0.15) is 10.8 Å². The maximum Gasteiger partial charge on any atom is 0.141 e. The first-order chi connectivity index (χ1) is 24.4. The minimum atomic E-state index is 0. The molecule has 244 valence electrons. The summed E-state index contributed by atoms with van der Waals surface area (Å²) < 4.78 is 5.32. The second-order valence-electron chi connectivity index (χ2n) is 8.60. The standard InChI is InChI=1S/C19H15N5O.C19H4.HN5O.5H2/c1-10-18(11(2)25-24-10)14-6-15(16-9-21-5-4-13(16)8-20)19-17(7-14)22-12(3)23-19;1-3-5-7-9-11-13-15-17-19-18-16-14-12-10-8-6-4-2;1-2-3-4-5-6;;;;;/h4-7,9H,1-3H3,(H,22,23);1H,2H3;1H;5*1H/b;;2-1?,4-3+;;;;;. The van der Waals surface area contributed by atoms with Gasteiger partial charge in [0, 0.05) is 41.4 Å². The highest BCUT2D eigenvalue weighted by atomic mass is 16.5. The molecule has 0 aliphatic heterocycles. The monoisotopic (exact) mass is 658 g/mol. The molecule has 0 aliphatic carbocycles. The van der Waals surface area contributed by atoms with Crippen LogP contribution in [-0.2, 0) is 0 Å². The Morgan fingerprint density at radius 2 is 1.48 bits per heavy atom. The van der Waals surface area contributed by atoms with Gasteiger partial charge in [-0.3, -0.25) is 4.98 Å². The molecule has 1 aromatic carbocycles. The number of hydrogen-bond donors (Lipinski definition) is 2. The number of aryl methyl sites for hydroxylation is 3. The zero-order chi connectivity index (χ0) is 36.4. The quantitative estimate of drug-likeness (QED) is 0.103. The van der Waals surface area contributed by atoms with Crippen LogP contribution >= 0.6 is 0 Å². The van der Waals surface area contributed by atoms with Crippen LogP contribution in [0.5, 0.6) is 0 Å². The summed E-state index contributed by atoms with van der Waals surface area (Å²) in [5.74, 6) is 43.5. The van der Waals surface area contributed by atoms with E-state index in [-0.39, 0.29) is 7.13 Å². The SMILES string of the molecule is C#CC#CC#CC#CC#CC#CC#CC#CC#CC.Cc1nc2c(-c3cnccc3C#N)cc(-c3c(C)noc3C)cc2[nH]1.N=N/N=N/N=O.[HH].[HH].[HH].[HH].[HH]. The Balaban J connectivity index is -0.000000392. The highest BCUT2D eigenvalue weighted by Gasteiger charge is 2.18. The highest BCUT2D eigenvalue weighted by Crippen LogP contribution is 2.36. The van der Waals surface area contributed by atoms with Crippen LogP contribution in [0.1, 0.15) is 36.9 Å². The summed E-state index contributed by atoms with van der Waals surface area (Å²) in [6, 6.07) is 8.00. The predicted molar refractivity (Wildman–Crippen MR) is 197 cm³/mol. The lowest BCUT2D eigenvalue weighted by Crippen LogP contribution is -1.90. The van der Waals surface area contributed by atoms with Crippen LogP contribution in [-0.4, -0.2) is 20.1 Å². The number of imidazole rings is 1. The summed E-state index contributed by atoms with van der Waals surface area (Å²) in [5.41, 5.74) is 12.5. The number of H-pyrrole nitrogens is 1. The molecule has 0 saturated heterocycles. The molecule has 4 aromatic rings. The maximum atomic E-state index is 9.47. The van der Waals surface area contributed by atoms with Gasteiger partial charge in [-0.15, -0.1) is 11.3 Å². The molecule has 50 heavy (non-hydrogen) atoms. The highest BCUT2D eigenvalue weighted by molar-refractivity contribution is 5.97. The van der Waals surface area contributed by atoms with Crippen molar-refractivity contribution in [3.63, 3.8) is 0 Å². The van der Waals surface area contributed by atoms with E-state index >= 15 is 0 Å². The minimum Gasteiger partial charge on any atom is -0.361 e. The zero-order valence-corrected chi connectivity index (χ0v) is 26.9. The van der Waals surface area contributed by atoms with Gasteiger partial charge in [0.2, 0.25) is 0 Å². The molecule has 0 radical (unpaired) electrons. The Morgan fingerprint density at radius 1 is 0.880 bits per heavy atom. The fraction of sp³-hybridized carbons (Fsp3) is 0.105. The van der Waals surface area contributed by atoms with Gasteiger partial charge in [-0.05, 0) is 157 Å². The third-order valence-corrected chi connectivity index (χ3v) is 5.45. The molecule has 2 N–H and O–H groups in total. The Kier molecular flexibility index (Phi) is 16.5. The molecular weight excluding hydrogens is 628 g/mol. The number of pyridine rings is 1. The molecule has 3 heterocycles. The van der Waals surface area contributed by atoms with Gasteiger partial charge in [0.15, 0.2) is 0 Å². The molecule has 0 fully saturated rings. The third kappa shape index (κ3) is 12.4. The number of hydrogen-bond acceptors (Lipinski definition) is 7. The molecule has 0 spiro atoms. The van der Waals surface area contributed by atoms with E-state index in [4.69, 9.17) is 21.4 Å². The molecule has 12 heteroatoms. The van der Waals surface area contributed by atoms with E-state index in [2.05, 4.69) is 142 Å². The van der Waals surface area contributed by atoms with Crippen molar-refractivity contribution in [2.24, 2.45) is 21.0 Å². The van der Waals surface area contributed by atoms with Crippen molar-refractivity contribution in [1.82, 2.24) is 20.1 Å². The predicted octanol–water partition coefficient (Wildman–Crippen LogP) is 7.04. The van der Waals surface area contributed by atoms with Crippen LogP contribution in [0.3, 0.4) is 0 Å². The van der Waals surface area contributed by atoms with E-state index in [0.29, 0.717) is 5.56 Å². The van der Waals surface area contributed by atoms with Crippen molar-refractivity contribution >= 4 is 11.0 Å². The van der Waals surface area contributed by atoms with E-state index in [1.54, 1.807) is 25.4 Å². The Hall–Kier alpha value is -8.62. The van der Waals surface area contributed by atoms with Crippen molar-refractivity contribution in [2.75, 3.05) is 0 Å². The van der Waals surface area contributed by atoms with Crippen molar-refractivity contribution in [1.29, 1.82) is 10.8 Å². The van der Waals surface area contributed by atoms with E-state index in [1.807, 2.05) is 38.2 Å². The molecule has 0 aliphatic rings. The maximum absolute atomic E-state index is 9.47. The molecular formula is C38H30N10O2. The summed E-state index contributed by atoms with van der Waals surface area (Å²) in [5, 5.41) is 22.7. The Bertz CT molecular complexity index is 2550. The van der Waals surface area contributed by atoms with Gasteiger partial charge in [0.1, 0.15) is 16.9 Å². The van der Waals surface area contributed by atoms with Crippen LogP contribution < -0.4 is 0 Å². The van der Waals surface area contributed by atoms with Gasteiger partial charge in [-0.1, -0.05) is 11.1 Å². The molecule has 3 aromatic heterocycles. The largest absolute Gasteiger partial charge is 0.361 e. The van der Waals surface area contributed by atoms with Gasteiger partial charge < -0.3 is 9.51 Å². The molecule has 0 unspecified atom stereocenters. The fourth-order valence-corrected chi connectivity index (χ4v) is 3.73. The van der Waals surface area contributed by atoms with Crippen LogP contribution in [0.15, 0.2) is 56.1 Å². The number of terminal acetylenes is 1. The number of nitroso groups, excluding NO2 is 1. The lowest BCUT2D eigenvalue weighted by Gasteiger charge is -2.08. The average molecular weight is 659 g/mol. The summed E-state index contributed by atoms with van der Waals surface area (Å²) >= 11 is 0. The lowest BCUT2D eigenvalue weighted by atomic mass is 9.95. The molecule has 12 nitrogen and oxygen atoms in total. The summed E-state index contributed by atoms with van der Waals surface area (Å²) in [4.78, 5) is 21.0. The van der Waals surface area contributed by atoms with Crippen LogP contribution in [0.25, 0.3) is 33.3 Å². The number of aromatic nitrogens is 4. The first-order valence-corrected chi connectivity index (χ1v) is 13.7. The van der Waals surface area contributed by atoms with Gasteiger partial charge in [0.05, 0.1) is 28.4 Å². The van der Waals surface area contributed by atoms with Crippen molar-refractivity contribution in [3.05, 3.63) is 58.3 Å². The third-order valence-electron chi connectivity index (χ3n) is 5.45. The number of aromatic amines is 1. The second kappa shape index (κ2) is 22.0. The van der Waals surface area contributed by atoms with Gasteiger partial charge >= 0.3 is 0 Å². The van der Waals surface area contributed by atoms with Crippen LogP contribution in [0.4, 0.5) is 0 Å². The number of nitrogens with one attached hydrogen (secondary N) is 2. The number of rotatable bonds is 4. The van der Waals surface area contributed by atoms with Crippen molar-refractivity contribution < 1.29 is 11.7 Å². The zero-order valence-electron chi connectivity index (χ0n) is 26.9.